The van der Waals surface area contributed by atoms with Gasteiger partial charge in [0.25, 0.3) is 0 Å². The highest BCUT2D eigenvalue weighted by molar-refractivity contribution is 7.28. The van der Waals surface area contributed by atoms with Gasteiger partial charge in [-0.2, -0.15) is 0 Å². The zero-order valence-electron chi connectivity index (χ0n) is 33.6. The summed E-state index contributed by atoms with van der Waals surface area (Å²) in [7, 11) is 0. The number of fused-ring (bicyclic) bond motifs is 12. The van der Waals surface area contributed by atoms with Gasteiger partial charge in [0.05, 0.1) is 5.41 Å². The van der Waals surface area contributed by atoms with Crippen LogP contribution in [-0.4, -0.2) is 0 Å². The lowest BCUT2D eigenvalue weighted by molar-refractivity contribution is 0.768. The van der Waals surface area contributed by atoms with Crippen molar-refractivity contribution in [3.8, 4) is 22.3 Å². The largest absolute Gasteiger partial charge is 0.310 e. The van der Waals surface area contributed by atoms with Crippen LogP contribution in [0.25, 0.3) is 73.4 Å². The standard InChI is InChI=1S/C59H37NS2/c1-3-14-40(15-4-1)59(53-23-10-7-20-45(53)46-21-8-11-24-54(46)59)41-16-13-19-44(37-41)60(42-17-5-2-6-18-42)43-29-26-38(27-30-43)39-28-35-56-52(36-39)51-34-33-49-50(58(51)62-56)32-31-48-47-22-9-12-25-55(47)61-57(48)49/h1-37H. The van der Waals surface area contributed by atoms with Crippen LogP contribution in [0.4, 0.5) is 17.1 Å². The van der Waals surface area contributed by atoms with E-state index >= 15 is 0 Å². The number of hydrogen-bond acceptors (Lipinski definition) is 3. The normalized spacial score (nSPS) is 13.0. The molecule has 0 aliphatic heterocycles. The molecule has 3 heteroatoms. The van der Waals surface area contributed by atoms with Gasteiger partial charge in [-0.25, -0.2) is 0 Å². The van der Waals surface area contributed by atoms with E-state index in [1.165, 1.54) is 95.6 Å². The zero-order chi connectivity index (χ0) is 40.8. The Labute approximate surface area is 368 Å². The molecule has 10 aromatic carbocycles. The summed E-state index contributed by atoms with van der Waals surface area (Å²) < 4.78 is 5.41. The average Bonchev–Trinajstić information content (AvgIpc) is 4.01. The molecule has 0 saturated heterocycles. The molecular weight excluding hydrogens is 787 g/mol. The Hall–Kier alpha value is -7.30. The molecular formula is C59H37NS2. The van der Waals surface area contributed by atoms with Crippen molar-refractivity contribution in [1.29, 1.82) is 0 Å². The van der Waals surface area contributed by atoms with E-state index in [0.717, 1.165) is 17.1 Å². The highest BCUT2D eigenvalue weighted by Crippen LogP contribution is 2.56. The molecule has 0 bridgehead atoms. The van der Waals surface area contributed by atoms with E-state index in [2.05, 4.69) is 229 Å². The Bertz CT molecular complexity index is 3650. The fraction of sp³-hybridized carbons (Fsp3) is 0.0169. The topological polar surface area (TPSA) is 3.24 Å². The first-order valence-corrected chi connectivity index (χ1v) is 22.9. The summed E-state index contributed by atoms with van der Waals surface area (Å²) in [5, 5.41) is 8.03. The molecule has 12 aromatic rings. The Balaban J connectivity index is 0.916. The lowest BCUT2D eigenvalue weighted by Crippen LogP contribution is -2.28. The van der Waals surface area contributed by atoms with E-state index < -0.39 is 5.41 Å². The molecule has 1 nitrogen and oxygen atoms in total. The molecule has 1 aliphatic rings. The fourth-order valence-corrected chi connectivity index (χ4v) is 12.9. The van der Waals surface area contributed by atoms with Crippen LogP contribution in [0.1, 0.15) is 22.3 Å². The van der Waals surface area contributed by atoms with Crippen molar-refractivity contribution < 1.29 is 0 Å². The van der Waals surface area contributed by atoms with Crippen molar-refractivity contribution in [2.75, 3.05) is 4.90 Å². The zero-order valence-corrected chi connectivity index (χ0v) is 35.3. The summed E-state index contributed by atoms with van der Waals surface area (Å²) in [6.07, 6.45) is 0. The van der Waals surface area contributed by atoms with Crippen LogP contribution < -0.4 is 4.90 Å². The van der Waals surface area contributed by atoms with E-state index in [-0.39, 0.29) is 0 Å². The molecule has 62 heavy (non-hydrogen) atoms. The Morgan fingerprint density at radius 3 is 1.50 bits per heavy atom. The summed E-state index contributed by atoms with van der Waals surface area (Å²) in [5.41, 5.74) is 13.0. The van der Waals surface area contributed by atoms with Crippen molar-refractivity contribution in [1.82, 2.24) is 0 Å². The maximum absolute atomic E-state index is 2.41. The van der Waals surface area contributed by atoms with Gasteiger partial charge in [0.1, 0.15) is 0 Å². The molecule has 2 aromatic heterocycles. The van der Waals surface area contributed by atoms with Crippen molar-refractivity contribution in [2.24, 2.45) is 0 Å². The molecule has 0 radical (unpaired) electrons. The van der Waals surface area contributed by atoms with Gasteiger partial charge in [0.15, 0.2) is 0 Å². The number of benzene rings is 10. The number of rotatable bonds is 6. The second-order valence-corrected chi connectivity index (χ2v) is 18.5. The molecule has 0 amide bonds. The van der Waals surface area contributed by atoms with Crippen LogP contribution in [0.5, 0.6) is 0 Å². The first-order chi connectivity index (χ1) is 30.7. The number of para-hydroxylation sites is 1. The second-order valence-electron chi connectivity index (χ2n) is 16.4. The predicted molar refractivity (Wildman–Crippen MR) is 267 cm³/mol. The Morgan fingerprint density at radius 1 is 0.306 bits per heavy atom. The quantitative estimate of drug-likeness (QED) is 0.161. The monoisotopic (exact) mass is 823 g/mol. The van der Waals surface area contributed by atoms with E-state index in [9.17, 15) is 0 Å². The van der Waals surface area contributed by atoms with Gasteiger partial charge in [-0.15, -0.1) is 22.7 Å². The molecule has 0 atom stereocenters. The van der Waals surface area contributed by atoms with E-state index in [1.807, 2.05) is 22.7 Å². The van der Waals surface area contributed by atoms with Crippen LogP contribution in [0.3, 0.4) is 0 Å². The minimum Gasteiger partial charge on any atom is -0.310 e. The maximum atomic E-state index is 2.41. The number of hydrogen-bond donors (Lipinski definition) is 0. The van der Waals surface area contributed by atoms with Crippen molar-refractivity contribution in [2.45, 2.75) is 5.41 Å². The smallest absolute Gasteiger partial charge is 0.0714 e. The highest BCUT2D eigenvalue weighted by atomic mass is 32.1. The lowest BCUT2D eigenvalue weighted by atomic mass is 9.67. The van der Waals surface area contributed by atoms with Crippen molar-refractivity contribution in [3.05, 3.63) is 247 Å². The van der Waals surface area contributed by atoms with Gasteiger partial charge in [-0.1, -0.05) is 170 Å². The third kappa shape index (κ3) is 5.19. The van der Waals surface area contributed by atoms with E-state index in [0.29, 0.717) is 0 Å². The predicted octanol–water partition coefficient (Wildman–Crippen LogP) is 17.1. The summed E-state index contributed by atoms with van der Waals surface area (Å²) in [6, 6.07) is 83.2. The first-order valence-electron chi connectivity index (χ1n) is 21.2. The van der Waals surface area contributed by atoms with Gasteiger partial charge >= 0.3 is 0 Å². The van der Waals surface area contributed by atoms with Crippen molar-refractivity contribution >= 4 is 90.9 Å². The number of anilines is 3. The van der Waals surface area contributed by atoms with Crippen molar-refractivity contribution in [3.63, 3.8) is 0 Å². The molecule has 0 fully saturated rings. The van der Waals surface area contributed by atoms with E-state index in [4.69, 9.17) is 0 Å². The van der Waals surface area contributed by atoms with Crippen LogP contribution in [0.2, 0.25) is 0 Å². The SMILES string of the molecule is c1ccc(N(c2ccc(-c3ccc4sc5c(ccc6c5ccc5c7ccccc7sc56)c4c3)cc2)c2cccc(C3(c4ccccc4)c4ccccc4-c4ccccc43)c2)cc1. The maximum Gasteiger partial charge on any atom is 0.0714 e. The third-order valence-electron chi connectivity index (χ3n) is 13.1. The molecule has 13 rings (SSSR count). The minimum atomic E-state index is -0.474. The van der Waals surface area contributed by atoms with Gasteiger partial charge in [-0.3, -0.25) is 0 Å². The molecule has 0 saturated carbocycles. The Morgan fingerprint density at radius 2 is 0.806 bits per heavy atom. The molecule has 0 spiro atoms. The summed E-state index contributed by atoms with van der Waals surface area (Å²) in [5.74, 6) is 0. The fourth-order valence-electron chi connectivity index (χ4n) is 10.4. The average molecular weight is 824 g/mol. The molecule has 0 N–H and O–H groups in total. The van der Waals surface area contributed by atoms with Crippen LogP contribution in [0, 0.1) is 0 Å². The first kappa shape index (κ1) is 35.5. The van der Waals surface area contributed by atoms with Crippen LogP contribution in [0.15, 0.2) is 224 Å². The van der Waals surface area contributed by atoms with E-state index in [1.54, 1.807) is 0 Å². The minimum absolute atomic E-state index is 0.474. The van der Waals surface area contributed by atoms with Gasteiger partial charge in [-0.05, 0) is 99.1 Å². The van der Waals surface area contributed by atoms with Crippen LogP contribution in [-0.2, 0) is 5.41 Å². The van der Waals surface area contributed by atoms with Gasteiger partial charge in [0, 0.05) is 68.2 Å². The molecule has 290 valence electrons. The third-order valence-corrected chi connectivity index (χ3v) is 15.6. The molecule has 1 aliphatic carbocycles. The summed E-state index contributed by atoms with van der Waals surface area (Å²) in [6.45, 7) is 0. The van der Waals surface area contributed by atoms with Gasteiger partial charge < -0.3 is 4.90 Å². The summed E-state index contributed by atoms with van der Waals surface area (Å²) in [4.78, 5) is 2.40. The second kappa shape index (κ2) is 13.9. The highest BCUT2D eigenvalue weighted by Gasteiger charge is 2.46. The summed E-state index contributed by atoms with van der Waals surface area (Å²) >= 11 is 3.82. The molecule has 0 unspecified atom stereocenters. The van der Waals surface area contributed by atoms with Gasteiger partial charge in [0.2, 0.25) is 0 Å². The van der Waals surface area contributed by atoms with Crippen LogP contribution >= 0.6 is 22.7 Å². The number of nitrogens with zero attached hydrogens (tertiary/aromatic N) is 1. The Kier molecular flexibility index (Phi) is 7.93. The lowest BCUT2D eigenvalue weighted by Gasteiger charge is -2.35. The molecule has 2 heterocycles. The number of thiophene rings is 2.